The minimum absolute atomic E-state index is 0.190. The zero-order chi connectivity index (χ0) is 12.5. The minimum Gasteiger partial charge on any atom is -0.383 e. The van der Waals surface area contributed by atoms with Crippen molar-refractivity contribution in [2.75, 3.05) is 26.8 Å². The highest BCUT2D eigenvalue weighted by Crippen LogP contribution is 2.16. The van der Waals surface area contributed by atoms with Crippen LogP contribution in [0.15, 0.2) is 18.2 Å². The third kappa shape index (κ3) is 6.01. The first-order valence-corrected chi connectivity index (χ1v) is 6.25. The first-order valence-electron chi connectivity index (χ1n) is 5.87. The summed E-state index contributed by atoms with van der Waals surface area (Å²) < 4.78 is 18.1. The van der Waals surface area contributed by atoms with E-state index in [-0.39, 0.29) is 10.8 Å². The Morgan fingerprint density at radius 1 is 1.29 bits per heavy atom. The fraction of sp³-hybridized carbons (Fsp3) is 0.538. The molecule has 1 rings (SSSR count). The molecule has 2 nitrogen and oxygen atoms in total. The van der Waals surface area contributed by atoms with Gasteiger partial charge in [0.2, 0.25) is 0 Å². The van der Waals surface area contributed by atoms with E-state index < -0.39 is 0 Å². The first-order chi connectivity index (χ1) is 8.24. The van der Waals surface area contributed by atoms with Gasteiger partial charge in [0, 0.05) is 13.7 Å². The molecule has 0 saturated carbocycles. The van der Waals surface area contributed by atoms with Crippen molar-refractivity contribution in [2.45, 2.75) is 19.3 Å². The van der Waals surface area contributed by atoms with Gasteiger partial charge in [-0.2, -0.15) is 0 Å². The van der Waals surface area contributed by atoms with E-state index in [1.54, 1.807) is 13.2 Å². The standard InChI is InChI=1S/C13H19ClFNO/c1-17-9-8-16-7-3-2-4-11-5-6-12(14)13(15)10-11/h5-6,10,16H,2-4,7-9H2,1H3. The molecule has 0 radical (unpaired) electrons. The van der Waals surface area contributed by atoms with Crippen LogP contribution in [0.4, 0.5) is 4.39 Å². The summed E-state index contributed by atoms with van der Waals surface area (Å²) in [5.41, 5.74) is 1.00. The maximum Gasteiger partial charge on any atom is 0.142 e. The van der Waals surface area contributed by atoms with E-state index in [9.17, 15) is 4.39 Å². The van der Waals surface area contributed by atoms with Crippen LogP contribution in [-0.2, 0) is 11.2 Å². The Morgan fingerprint density at radius 3 is 2.82 bits per heavy atom. The van der Waals surface area contributed by atoms with Gasteiger partial charge in [-0.05, 0) is 43.5 Å². The molecule has 0 saturated heterocycles. The van der Waals surface area contributed by atoms with Crippen molar-refractivity contribution < 1.29 is 9.13 Å². The van der Waals surface area contributed by atoms with Crippen LogP contribution in [0, 0.1) is 5.82 Å². The van der Waals surface area contributed by atoms with E-state index in [2.05, 4.69) is 5.32 Å². The average molecular weight is 260 g/mol. The lowest BCUT2D eigenvalue weighted by molar-refractivity contribution is 0.199. The van der Waals surface area contributed by atoms with E-state index >= 15 is 0 Å². The minimum atomic E-state index is -0.331. The zero-order valence-electron chi connectivity index (χ0n) is 10.1. The molecule has 0 aliphatic heterocycles. The number of nitrogens with one attached hydrogen (secondary N) is 1. The summed E-state index contributed by atoms with van der Waals surface area (Å²) in [6, 6.07) is 5.01. The van der Waals surface area contributed by atoms with E-state index in [0.29, 0.717) is 0 Å². The van der Waals surface area contributed by atoms with Gasteiger partial charge in [0.1, 0.15) is 5.82 Å². The summed E-state index contributed by atoms with van der Waals surface area (Å²) in [5, 5.41) is 3.46. The van der Waals surface area contributed by atoms with Gasteiger partial charge in [-0.25, -0.2) is 4.39 Å². The molecular weight excluding hydrogens is 241 g/mol. The highest BCUT2D eigenvalue weighted by molar-refractivity contribution is 6.30. The molecule has 1 N–H and O–H groups in total. The van der Waals surface area contributed by atoms with E-state index in [1.165, 1.54) is 6.07 Å². The summed E-state index contributed by atoms with van der Waals surface area (Å²) in [4.78, 5) is 0. The molecule has 96 valence electrons. The Balaban J connectivity index is 2.11. The fourth-order valence-electron chi connectivity index (χ4n) is 1.57. The molecule has 17 heavy (non-hydrogen) atoms. The predicted octanol–water partition coefficient (Wildman–Crippen LogP) is 3.04. The number of halogens is 2. The van der Waals surface area contributed by atoms with E-state index in [1.807, 2.05) is 6.07 Å². The van der Waals surface area contributed by atoms with Gasteiger partial charge in [-0.3, -0.25) is 0 Å². The zero-order valence-corrected chi connectivity index (χ0v) is 10.9. The number of aryl methyl sites for hydroxylation is 1. The topological polar surface area (TPSA) is 21.3 Å². The number of hydrogen-bond acceptors (Lipinski definition) is 2. The maximum atomic E-state index is 13.1. The van der Waals surface area contributed by atoms with Crippen molar-refractivity contribution in [3.05, 3.63) is 34.6 Å². The second-order valence-electron chi connectivity index (χ2n) is 3.95. The van der Waals surface area contributed by atoms with Crippen molar-refractivity contribution in [2.24, 2.45) is 0 Å². The van der Waals surface area contributed by atoms with Gasteiger partial charge < -0.3 is 10.1 Å². The molecule has 0 unspecified atom stereocenters. The molecule has 0 atom stereocenters. The number of hydrogen-bond donors (Lipinski definition) is 1. The number of benzene rings is 1. The number of methoxy groups -OCH3 is 1. The molecule has 0 fully saturated rings. The van der Waals surface area contributed by atoms with Gasteiger partial charge in [0.25, 0.3) is 0 Å². The second-order valence-corrected chi connectivity index (χ2v) is 4.36. The third-order valence-corrected chi connectivity index (χ3v) is 2.84. The summed E-state index contributed by atoms with van der Waals surface area (Å²) in [6.45, 7) is 2.59. The summed E-state index contributed by atoms with van der Waals surface area (Å²) in [6.07, 6.45) is 3.01. The van der Waals surface area contributed by atoms with Gasteiger partial charge in [0.15, 0.2) is 0 Å². The third-order valence-electron chi connectivity index (χ3n) is 2.54. The van der Waals surface area contributed by atoms with Crippen LogP contribution in [0.5, 0.6) is 0 Å². The number of rotatable bonds is 8. The first kappa shape index (κ1) is 14.4. The van der Waals surface area contributed by atoms with Crippen molar-refractivity contribution in [1.82, 2.24) is 5.32 Å². The van der Waals surface area contributed by atoms with Crippen molar-refractivity contribution in [3.8, 4) is 0 Å². The van der Waals surface area contributed by atoms with Crippen molar-refractivity contribution >= 4 is 11.6 Å². The van der Waals surface area contributed by atoms with Crippen LogP contribution in [0.1, 0.15) is 18.4 Å². The quantitative estimate of drug-likeness (QED) is 0.725. The Labute approximate surface area is 107 Å². The highest BCUT2D eigenvalue weighted by Gasteiger charge is 2.00. The highest BCUT2D eigenvalue weighted by atomic mass is 35.5. The van der Waals surface area contributed by atoms with Gasteiger partial charge in [-0.1, -0.05) is 17.7 Å². The summed E-state index contributed by atoms with van der Waals surface area (Å²) in [7, 11) is 1.69. The van der Waals surface area contributed by atoms with Gasteiger partial charge in [0.05, 0.1) is 11.6 Å². The van der Waals surface area contributed by atoms with Crippen LogP contribution < -0.4 is 5.32 Å². The lowest BCUT2D eigenvalue weighted by atomic mass is 10.1. The van der Waals surface area contributed by atoms with Gasteiger partial charge >= 0.3 is 0 Å². The van der Waals surface area contributed by atoms with Crippen LogP contribution >= 0.6 is 11.6 Å². The lowest BCUT2D eigenvalue weighted by Crippen LogP contribution is -2.20. The van der Waals surface area contributed by atoms with Crippen LogP contribution in [0.25, 0.3) is 0 Å². The Bertz CT molecular complexity index is 333. The number of unbranched alkanes of at least 4 members (excludes halogenated alkanes) is 1. The van der Waals surface area contributed by atoms with Crippen LogP contribution in [0.2, 0.25) is 5.02 Å². The molecule has 1 aromatic rings. The molecule has 0 aliphatic rings. The molecule has 0 amide bonds. The van der Waals surface area contributed by atoms with E-state index in [0.717, 1.165) is 44.5 Å². The molecule has 1 aromatic carbocycles. The lowest BCUT2D eigenvalue weighted by Gasteiger charge is -2.05. The molecule has 4 heteroatoms. The molecular formula is C13H19ClFNO. The smallest absolute Gasteiger partial charge is 0.142 e. The normalized spacial score (nSPS) is 10.8. The molecule has 0 aliphatic carbocycles. The molecule has 0 heterocycles. The van der Waals surface area contributed by atoms with Crippen molar-refractivity contribution in [3.63, 3.8) is 0 Å². The fourth-order valence-corrected chi connectivity index (χ4v) is 1.69. The van der Waals surface area contributed by atoms with Crippen LogP contribution in [-0.4, -0.2) is 26.8 Å². The molecule has 0 aromatic heterocycles. The van der Waals surface area contributed by atoms with E-state index in [4.69, 9.17) is 16.3 Å². The number of ether oxygens (including phenoxy) is 1. The summed E-state index contributed by atoms with van der Waals surface area (Å²) in [5.74, 6) is -0.331. The van der Waals surface area contributed by atoms with Crippen LogP contribution in [0.3, 0.4) is 0 Å². The second kappa shape index (κ2) is 8.45. The maximum absolute atomic E-state index is 13.1. The summed E-state index contributed by atoms with van der Waals surface area (Å²) >= 11 is 5.62. The SMILES string of the molecule is COCCNCCCCc1ccc(Cl)c(F)c1. The average Bonchev–Trinajstić information content (AvgIpc) is 2.32. The Kier molecular flexibility index (Phi) is 7.17. The monoisotopic (exact) mass is 259 g/mol. The van der Waals surface area contributed by atoms with Crippen molar-refractivity contribution in [1.29, 1.82) is 0 Å². The Hall–Kier alpha value is -0.640. The Morgan fingerprint density at radius 2 is 2.12 bits per heavy atom. The molecule has 0 spiro atoms. The molecule has 0 bridgehead atoms. The predicted molar refractivity (Wildman–Crippen MR) is 69.1 cm³/mol. The van der Waals surface area contributed by atoms with Gasteiger partial charge in [-0.15, -0.1) is 0 Å². The largest absolute Gasteiger partial charge is 0.383 e.